The van der Waals surface area contributed by atoms with E-state index in [0.717, 1.165) is 18.2 Å². The van der Waals surface area contributed by atoms with E-state index in [9.17, 15) is 23.6 Å². The Bertz CT molecular complexity index is 596. The summed E-state index contributed by atoms with van der Waals surface area (Å²) in [6.45, 7) is 2.48. The molecule has 0 aliphatic heterocycles. The first-order valence-corrected chi connectivity index (χ1v) is 6.69. The molecule has 0 amide bonds. The number of phenols is 1. The van der Waals surface area contributed by atoms with E-state index in [-0.39, 0.29) is 4.90 Å². The molecule has 9 heteroatoms. The largest absolute Gasteiger partial charge is 0.502 e. The van der Waals surface area contributed by atoms with Gasteiger partial charge < -0.3 is 10.2 Å². The molecule has 3 N–H and O–H groups in total. The van der Waals surface area contributed by atoms with E-state index in [0.29, 0.717) is 0 Å². The lowest BCUT2D eigenvalue weighted by molar-refractivity contribution is -0.386. The third-order valence-corrected chi connectivity index (χ3v) is 3.96. The van der Waals surface area contributed by atoms with Gasteiger partial charge in [0, 0.05) is 6.07 Å². The van der Waals surface area contributed by atoms with Crippen molar-refractivity contribution in [2.75, 3.05) is 6.61 Å². The van der Waals surface area contributed by atoms with E-state index in [4.69, 9.17) is 5.11 Å². The van der Waals surface area contributed by atoms with Crippen molar-refractivity contribution in [1.82, 2.24) is 4.72 Å². The van der Waals surface area contributed by atoms with Crippen molar-refractivity contribution >= 4 is 15.7 Å². The van der Waals surface area contributed by atoms with Crippen LogP contribution >= 0.6 is 0 Å². The smallest absolute Gasteiger partial charge is 0.312 e. The van der Waals surface area contributed by atoms with Crippen molar-refractivity contribution in [2.24, 2.45) is 0 Å². The second kappa shape index (κ2) is 5.11. The fraction of sp³-hybridized carbons (Fsp3) is 0.400. The summed E-state index contributed by atoms with van der Waals surface area (Å²) < 4.78 is 26.1. The van der Waals surface area contributed by atoms with Gasteiger partial charge in [0.25, 0.3) is 0 Å². The van der Waals surface area contributed by atoms with E-state index < -0.39 is 38.5 Å². The van der Waals surface area contributed by atoms with Crippen molar-refractivity contribution < 1.29 is 23.6 Å². The van der Waals surface area contributed by atoms with Crippen LogP contribution in [0.4, 0.5) is 5.69 Å². The zero-order chi connectivity index (χ0) is 14.8. The minimum atomic E-state index is -4.03. The first-order valence-electron chi connectivity index (χ1n) is 5.21. The second-order valence-corrected chi connectivity index (χ2v) is 6.24. The summed E-state index contributed by atoms with van der Waals surface area (Å²) in [4.78, 5) is 9.39. The average molecular weight is 290 g/mol. The van der Waals surface area contributed by atoms with Gasteiger partial charge in [0.2, 0.25) is 10.0 Å². The lowest BCUT2D eigenvalue weighted by Crippen LogP contribution is -2.46. The summed E-state index contributed by atoms with van der Waals surface area (Å²) in [6.07, 6.45) is 0. The third kappa shape index (κ3) is 3.63. The number of benzene rings is 1. The Morgan fingerprint density at radius 2 is 2.00 bits per heavy atom. The molecule has 0 aromatic heterocycles. The minimum Gasteiger partial charge on any atom is -0.502 e. The van der Waals surface area contributed by atoms with Gasteiger partial charge in [-0.1, -0.05) is 0 Å². The van der Waals surface area contributed by atoms with Crippen LogP contribution < -0.4 is 4.72 Å². The number of aliphatic hydroxyl groups excluding tert-OH is 1. The number of hydrogen-bond donors (Lipinski definition) is 3. The molecule has 106 valence electrons. The SMILES string of the molecule is CC(C)(CO)NS(=O)(=O)c1ccc(O)c([N+](=O)[O-])c1. The van der Waals surface area contributed by atoms with E-state index in [1.165, 1.54) is 13.8 Å². The van der Waals surface area contributed by atoms with E-state index in [1.54, 1.807) is 0 Å². The number of nitro benzene ring substituents is 1. The highest BCUT2D eigenvalue weighted by atomic mass is 32.2. The van der Waals surface area contributed by atoms with Crippen LogP contribution in [0.5, 0.6) is 5.75 Å². The van der Waals surface area contributed by atoms with Crippen LogP contribution in [0.1, 0.15) is 13.8 Å². The molecular weight excluding hydrogens is 276 g/mol. The molecule has 0 fully saturated rings. The van der Waals surface area contributed by atoms with E-state index in [2.05, 4.69) is 4.72 Å². The molecule has 0 radical (unpaired) electrons. The normalized spacial score (nSPS) is 12.4. The molecule has 1 aromatic carbocycles. The summed E-state index contributed by atoms with van der Waals surface area (Å²) in [5.74, 6) is -0.620. The van der Waals surface area contributed by atoms with Gasteiger partial charge in [-0.25, -0.2) is 13.1 Å². The Kier molecular flexibility index (Phi) is 4.13. The molecule has 0 spiro atoms. The van der Waals surface area contributed by atoms with Crippen LogP contribution in [-0.2, 0) is 10.0 Å². The van der Waals surface area contributed by atoms with Crippen molar-refractivity contribution in [2.45, 2.75) is 24.3 Å². The van der Waals surface area contributed by atoms with Crippen molar-refractivity contribution in [3.8, 4) is 5.75 Å². The standard InChI is InChI=1S/C10H14N2O6S/c1-10(2,6-13)11-19(17,18)7-3-4-9(14)8(5-7)12(15)16/h3-5,11,13-14H,6H2,1-2H3. The Labute approximate surface area is 109 Å². The molecule has 0 heterocycles. The summed E-state index contributed by atoms with van der Waals surface area (Å²) in [6, 6.07) is 2.72. The Morgan fingerprint density at radius 1 is 1.42 bits per heavy atom. The van der Waals surface area contributed by atoms with Crippen molar-refractivity contribution in [3.63, 3.8) is 0 Å². The van der Waals surface area contributed by atoms with Gasteiger partial charge in [0.15, 0.2) is 5.75 Å². The van der Waals surface area contributed by atoms with Crippen LogP contribution in [0.15, 0.2) is 23.1 Å². The van der Waals surface area contributed by atoms with Gasteiger partial charge in [0.1, 0.15) is 0 Å². The number of aromatic hydroxyl groups is 1. The topological polar surface area (TPSA) is 130 Å². The van der Waals surface area contributed by atoms with Crippen LogP contribution in [0.25, 0.3) is 0 Å². The Balaban J connectivity index is 3.23. The number of hydrogen-bond acceptors (Lipinski definition) is 6. The van der Waals surface area contributed by atoms with Gasteiger partial charge in [-0.05, 0) is 26.0 Å². The fourth-order valence-corrected chi connectivity index (χ4v) is 2.70. The maximum absolute atomic E-state index is 12.0. The average Bonchev–Trinajstić information content (AvgIpc) is 2.27. The highest BCUT2D eigenvalue weighted by molar-refractivity contribution is 7.89. The molecular formula is C10H14N2O6S. The summed E-state index contributed by atoms with van der Waals surface area (Å²) in [5.41, 5.74) is -1.81. The molecule has 0 atom stereocenters. The van der Waals surface area contributed by atoms with Gasteiger partial charge in [-0.2, -0.15) is 0 Å². The molecule has 0 saturated carbocycles. The van der Waals surface area contributed by atoms with Crippen LogP contribution in [0.3, 0.4) is 0 Å². The van der Waals surface area contributed by atoms with Gasteiger partial charge in [-0.3, -0.25) is 10.1 Å². The highest BCUT2D eigenvalue weighted by Crippen LogP contribution is 2.28. The first kappa shape index (κ1) is 15.3. The van der Waals surface area contributed by atoms with E-state index in [1.807, 2.05) is 0 Å². The number of aliphatic hydroxyl groups is 1. The van der Waals surface area contributed by atoms with Gasteiger partial charge >= 0.3 is 5.69 Å². The number of nitrogens with one attached hydrogen (secondary N) is 1. The molecule has 1 rings (SSSR count). The van der Waals surface area contributed by atoms with Crippen LogP contribution in [0.2, 0.25) is 0 Å². The number of phenolic OH excluding ortho intramolecular Hbond substituents is 1. The van der Waals surface area contributed by atoms with E-state index >= 15 is 0 Å². The molecule has 0 unspecified atom stereocenters. The monoisotopic (exact) mass is 290 g/mol. The molecule has 0 saturated heterocycles. The van der Waals surface area contributed by atoms with Crippen molar-refractivity contribution in [3.05, 3.63) is 28.3 Å². The predicted molar refractivity (Wildman–Crippen MR) is 66.2 cm³/mol. The molecule has 0 aliphatic carbocycles. The number of nitrogens with zero attached hydrogens (tertiary/aromatic N) is 1. The van der Waals surface area contributed by atoms with Crippen LogP contribution in [-0.4, -0.2) is 35.7 Å². The lowest BCUT2D eigenvalue weighted by Gasteiger charge is -2.23. The van der Waals surface area contributed by atoms with Gasteiger partial charge in [0.05, 0.1) is 22.0 Å². The molecule has 19 heavy (non-hydrogen) atoms. The molecule has 0 bridgehead atoms. The Hall–Kier alpha value is -1.71. The summed E-state index contributed by atoms with van der Waals surface area (Å²) in [5, 5.41) is 28.9. The zero-order valence-electron chi connectivity index (χ0n) is 10.3. The maximum atomic E-state index is 12.0. The zero-order valence-corrected chi connectivity index (χ0v) is 11.1. The van der Waals surface area contributed by atoms with Gasteiger partial charge in [-0.15, -0.1) is 0 Å². The summed E-state index contributed by atoms with van der Waals surface area (Å²) >= 11 is 0. The molecule has 1 aromatic rings. The maximum Gasteiger partial charge on any atom is 0.312 e. The molecule has 0 aliphatic rings. The Morgan fingerprint density at radius 3 is 2.47 bits per heavy atom. The lowest BCUT2D eigenvalue weighted by atomic mass is 10.1. The van der Waals surface area contributed by atoms with Crippen molar-refractivity contribution in [1.29, 1.82) is 0 Å². The predicted octanol–water partition coefficient (Wildman–Crippen LogP) is 0.350. The minimum absolute atomic E-state index is 0.362. The highest BCUT2D eigenvalue weighted by Gasteiger charge is 2.27. The fourth-order valence-electron chi connectivity index (χ4n) is 1.27. The quantitative estimate of drug-likeness (QED) is 0.530. The summed E-state index contributed by atoms with van der Waals surface area (Å²) in [7, 11) is -4.03. The second-order valence-electron chi connectivity index (χ2n) is 4.56. The van der Waals surface area contributed by atoms with Crippen LogP contribution in [0, 0.1) is 10.1 Å². The first-order chi connectivity index (χ1) is 8.59. The molecule has 8 nitrogen and oxygen atoms in total. The number of nitro groups is 1. The number of rotatable bonds is 5. The third-order valence-electron chi connectivity index (χ3n) is 2.26. The number of sulfonamides is 1.